The fourth-order valence-electron chi connectivity index (χ4n) is 2.11. The molecule has 15 heavy (non-hydrogen) atoms. The molecule has 0 saturated carbocycles. The van der Waals surface area contributed by atoms with Gasteiger partial charge in [-0.05, 0) is 25.7 Å². The Bertz CT molecular complexity index is 358. The molecule has 1 aliphatic heterocycles. The molecule has 4 heteroatoms. The maximum atomic E-state index is 12.1. The lowest BCUT2D eigenvalue weighted by Gasteiger charge is -2.30. The van der Waals surface area contributed by atoms with E-state index in [1.807, 2.05) is 11.8 Å². The molecule has 0 spiro atoms. The lowest BCUT2D eigenvalue weighted by Crippen LogP contribution is -2.39. The Morgan fingerprint density at radius 1 is 1.67 bits per heavy atom. The number of nitrogens with zero attached hydrogens (tertiary/aromatic N) is 2. The third-order valence-electron chi connectivity index (χ3n) is 3.00. The van der Waals surface area contributed by atoms with Crippen molar-refractivity contribution >= 4 is 5.91 Å². The van der Waals surface area contributed by atoms with Crippen molar-refractivity contribution in [3.63, 3.8) is 0 Å². The fraction of sp³-hybridized carbons (Fsp3) is 0.636. The zero-order valence-electron chi connectivity index (χ0n) is 9.29. The van der Waals surface area contributed by atoms with Crippen LogP contribution in [0.4, 0.5) is 0 Å². The van der Waals surface area contributed by atoms with E-state index in [0.29, 0.717) is 11.5 Å². The average Bonchev–Trinajstić information content (AvgIpc) is 2.63. The van der Waals surface area contributed by atoms with E-state index >= 15 is 0 Å². The van der Waals surface area contributed by atoms with E-state index in [2.05, 4.69) is 17.1 Å². The summed E-state index contributed by atoms with van der Waals surface area (Å²) in [5.74, 6) is 0.739. The lowest BCUT2D eigenvalue weighted by molar-refractivity contribution is 0.0682. The van der Waals surface area contributed by atoms with Crippen molar-refractivity contribution < 1.29 is 4.79 Å². The maximum Gasteiger partial charge on any atom is 0.257 e. The van der Waals surface area contributed by atoms with E-state index < -0.39 is 0 Å². The number of aromatic nitrogens is 2. The number of aromatic amines is 1. The summed E-state index contributed by atoms with van der Waals surface area (Å²) in [5.41, 5.74) is 1.57. The van der Waals surface area contributed by atoms with E-state index in [9.17, 15) is 4.79 Å². The normalized spacial score (nSPS) is 21.7. The Morgan fingerprint density at radius 3 is 3.07 bits per heavy atom. The van der Waals surface area contributed by atoms with Crippen LogP contribution in [0.1, 0.15) is 35.8 Å². The molecule has 2 heterocycles. The van der Waals surface area contributed by atoms with Gasteiger partial charge >= 0.3 is 0 Å². The zero-order valence-corrected chi connectivity index (χ0v) is 9.29. The Balaban J connectivity index is 2.11. The molecule has 1 N–H and O–H groups in total. The minimum Gasteiger partial charge on any atom is -0.338 e. The SMILES string of the molecule is Cc1[nH]ncc1C(=O)N1CCCC(C)C1. The summed E-state index contributed by atoms with van der Waals surface area (Å²) in [4.78, 5) is 14.0. The Hall–Kier alpha value is -1.32. The third-order valence-corrected chi connectivity index (χ3v) is 3.00. The first-order valence-corrected chi connectivity index (χ1v) is 5.47. The van der Waals surface area contributed by atoms with Crippen LogP contribution in [0, 0.1) is 12.8 Å². The molecule has 1 saturated heterocycles. The molecule has 0 aliphatic carbocycles. The van der Waals surface area contributed by atoms with Crippen LogP contribution in [0.25, 0.3) is 0 Å². The number of carbonyl (C=O) groups is 1. The van der Waals surface area contributed by atoms with Crippen LogP contribution in [0.3, 0.4) is 0 Å². The predicted octanol–water partition coefficient (Wildman–Crippen LogP) is 1.59. The van der Waals surface area contributed by atoms with Gasteiger partial charge in [-0.3, -0.25) is 9.89 Å². The van der Waals surface area contributed by atoms with Crippen LogP contribution in [0.15, 0.2) is 6.20 Å². The molecule has 0 aromatic carbocycles. The summed E-state index contributed by atoms with van der Waals surface area (Å²) in [5, 5.41) is 6.69. The van der Waals surface area contributed by atoms with Gasteiger partial charge in [-0.2, -0.15) is 5.10 Å². The van der Waals surface area contributed by atoms with Gasteiger partial charge in [0.2, 0.25) is 0 Å². The molecule has 1 aromatic heterocycles. The summed E-state index contributed by atoms with van der Waals surface area (Å²) in [6.45, 7) is 5.84. The third kappa shape index (κ3) is 2.03. The van der Waals surface area contributed by atoms with E-state index in [0.717, 1.165) is 25.2 Å². The van der Waals surface area contributed by atoms with Gasteiger partial charge in [0.15, 0.2) is 0 Å². The van der Waals surface area contributed by atoms with Crippen molar-refractivity contribution in [1.29, 1.82) is 0 Å². The van der Waals surface area contributed by atoms with Gasteiger partial charge in [0.25, 0.3) is 5.91 Å². The summed E-state index contributed by atoms with van der Waals surface area (Å²) < 4.78 is 0. The monoisotopic (exact) mass is 207 g/mol. The van der Waals surface area contributed by atoms with Crippen molar-refractivity contribution in [1.82, 2.24) is 15.1 Å². The first-order valence-electron chi connectivity index (χ1n) is 5.47. The van der Waals surface area contributed by atoms with Gasteiger partial charge in [-0.15, -0.1) is 0 Å². The number of nitrogens with one attached hydrogen (secondary N) is 1. The first kappa shape index (κ1) is 10.2. The molecule has 0 bridgehead atoms. The fourth-order valence-corrected chi connectivity index (χ4v) is 2.11. The molecule has 1 aromatic rings. The molecule has 1 atom stereocenters. The van der Waals surface area contributed by atoms with Crippen LogP contribution in [0.2, 0.25) is 0 Å². The second kappa shape index (κ2) is 4.04. The number of amides is 1. The minimum atomic E-state index is 0.118. The Kier molecular flexibility index (Phi) is 2.75. The van der Waals surface area contributed by atoms with Crippen LogP contribution in [-0.4, -0.2) is 34.1 Å². The zero-order chi connectivity index (χ0) is 10.8. The number of hydrogen-bond donors (Lipinski definition) is 1. The van der Waals surface area contributed by atoms with E-state index in [4.69, 9.17) is 0 Å². The standard InChI is InChI=1S/C11H17N3O/c1-8-4-3-5-14(7-8)11(15)10-6-12-13-9(10)2/h6,8H,3-5,7H2,1-2H3,(H,12,13). The number of aryl methyl sites for hydroxylation is 1. The summed E-state index contributed by atoms with van der Waals surface area (Å²) in [6.07, 6.45) is 3.97. The van der Waals surface area contributed by atoms with Gasteiger partial charge in [-0.25, -0.2) is 0 Å². The molecule has 82 valence electrons. The molecule has 2 rings (SSSR count). The highest BCUT2D eigenvalue weighted by atomic mass is 16.2. The van der Waals surface area contributed by atoms with Gasteiger partial charge in [-0.1, -0.05) is 6.92 Å². The van der Waals surface area contributed by atoms with Gasteiger partial charge in [0, 0.05) is 18.8 Å². The molecule has 1 unspecified atom stereocenters. The summed E-state index contributed by atoms with van der Waals surface area (Å²) in [6, 6.07) is 0. The highest BCUT2D eigenvalue weighted by Crippen LogP contribution is 2.18. The molecular formula is C11H17N3O. The van der Waals surface area contributed by atoms with Crippen molar-refractivity contribution in [2.24, 2.45) is 5.92 Å². The molecule has 1 fully saturated rings. The largest absolute Gasteiger partial charge is 0.338 e. The van der Waals surface area contributed by atoms with Gasteiger partial charge in [0.05, 0.1) is 11.8 Å². The maximum absolute atomic E-state index is 12.1. The van der Waals surface area contributed by atoms with Crippen molar-refractivity contribution in [2.45, 2.75) is 26.7 Å². The Morgan fingerprint density at radius 2 is 2.47 bits per heavy atom. The second-order valence-corrected chi connectivity index (χ2v) is 4.41. The van der Waals surface area contributed by atoms with E-state index in [1.54, 1.807) is 6.20 Å². The summed E-state index contributed by atoms with van der Waals surface area (Å²) in [7, 11) is 0. The first-order chi connectivity index (χ1) is 7.18. The highest BCUT2D eigenvalue weighted by Gasteiger charge is 2.23. The van der Waals surface area contributed by atoms with Crippen LogP contribution in [0.5, 0.6) is 0 Å². The minimum absolute atomic E-state index is 0.118. The number of piperidine rings is 1. The number of hydrogen-bond acceptors (Lipinski definition) is 2. The topological polar surface area (TPSA) is 49.0 Å². The molecule has 4 nitrogen and oxygen atoms in total. The lowest BCUT2D eigenvalue weighted by atomic mass is 10.00. The number of H-pyrrole nitrogens is 1. The molecule has 0 radical (unpaired) electrons. The molecule has 1 amide bonds. The van der Waals surface area contributed by atoms with E-state index in [-0.39, 0.29) is 5.91 Å². The van der Waals surface area contributed by atoms with Gasteiger partial charge < -0.3 is 4.90 Å². The van der Waals surface area contributed by atoms with E-state index in [1.165, 1.54) is 6.42 Å². The van der Waals surface area contributed by atoms with Crippen molar-refractivity contribution in [3.8, 4) is 0 Å². The summed E-state index contributed by atoms with van der Waals surface area (Å²) >= 11 is 0. The van der Waals surface area contributed by atoms with Crippen molar-refractivity contribution in [2.75, 3.05) is 13.1 Å². The van der Waals surface area contributed by atoms with Crippen LogP contribution >= 0.6 is 0 Å². The van der Waals surface area contributed by atoms with Crippen molar-refractivity contribution in [3.05, 3.63) is 17.5 Å². The molecule has 1 aliphatic rings. The second-order valence-electron chi connectivity index (χ2n) is 4.41. The van der Waals surface area contributed by atoms with Crippen LogP contribution < -0.4 is 0 Å². The van der Waals surface area contributed by atoms with Crippen LogP contribution in [-0.2, 0) is 0 Å². The number of likely N-dealkylation sites (tertiary alicyclic amines) is 1. The Labute approximate surface area is 89.7 Å². The number of carbonyl (C=O) groups excluding carboxylic acids is 1. The van der Waals surface area contributed by atoms with Gasteiger partial charge in [0.1, 0.15) is 0 Å². The quantitative estimate of drug-likeness (QED) is 0.760. The molecular weight excluding hydrogens is 190 g/mol. The average molecular weight is 207 g/mol. The highest BCUT2D eigenvalue weighted by molar-refractivity contribution is 5.95. The predicted molar refractivity (Wildman–Crippen MR) is 57.6 cm³/mol. The number of rotatable bonds is 1. The smallest absolute Gasteiger partial charge is 0.257 e.